The van der Waals surface area contributed by atoms with Gasteiger partial charge in [0.1, 0.15) is 0 Å². The third-order valence-corrected chi connectivity index (χ3v) is 4.26. The van der Waals surface area contributed by atoms with Gasteiger partial charge in [-0.15, -0.1) is 0 Å². The molecule has 0 fully saturated rings. The molecule has 0 aromatic heterocycles. The molecule has 0 aliphatic carbocycles. The fourth-order valence-electron chi connectivity index (χ4n) is 2.39. The summed E-state index contributed by atoms with van der Waals surface area (Å²) in [5.41, 5.74) is 9.20. The predicted octanol–water partition coefficient (Wildman–Crippen LogP) is 4.58. The summed E-state index contributed by atoms with van der Waals surface area (Å²) in [7, 11) is 0. The lowest BCUT2D eigenvalue weighted by molar-refractivity contribution is 0.279. The highest BCUT2D eigenvalue weighted by molar-refractivity contribution is 5.89. The van der Waals surface area contributed by atoms with Crippen LogP contribution in [-0.2, 0) is 0 Å². The van der Waals surface area contributed by atoms with E-state index in [0.717, 1.165) is 6.42 Å². The van der Waals surface area contributed by atoms with Gasteiger partial charge in [0.15, 0.2) is 0 Å². The van der Waals surface area contributed by atoms with Crippen molar-refractivity contribution >= 4 is 10.8 Å². The Kier molecular flexibility index (Phi) is 3.45. The minimum Gasteiger partial charge on any atom is -0.323 e. The van der Waals surface area contributed by atoms with Crippen LogP contribution in [0.25, 0.3) is 10.8 Å². The van der Waals surface area contributed by atoms with Crippen molar-refractivity contribution in [3.63, 3.8) is 0 Å². The fraction of sp³-hybridized carbons (Fsp3) is 0.412. The highest BCUT2D eigenvalue weighted by Gasteiger charge is 2.26. The van der Waals surface area contributed by atoms with Crippen LogP contribution in [0.4, 0.5) is 0 Å². The van der Waals surface area contributed by atoms with Gasteiger partial charge in [0.25, 0.3) is 0 Å². The molecule has 2 aromatic carbocycles. The second kappa shape index (κ2) is 4.74. The highest BCUT2D eigenvalue weighted by Crippen LogP contribution is 2.37. The van der Waals surface area contributed by atoms with E-state index >= 15 is 0 Å². The summed E-state index contributed by atoms with van der Waals surface area (Å²) in [4.78, 5) is 0. The lowest BCUT2D eigenvalue weighted by Crippen LogP contribution is -2.28. The Hall–Kier alpha value is -1.34. The summed E-state index contributed by atoms with van der Waals surface area (Å²) < 4.78 is 0. The molecule has 0 radical (unpaired) electrons. The van der Waals surface area contributed by atoms with Crippen molar-refractivity contribution in [3.05, 3.63) is 47.5 Å². The molecule has 0 aliphatic rings. The zero-order valence-electron chi connectivity index (χ0n) is 11.8. The molecule has 96 valence electrons. The van der Waals surface area contributed by atoms with Crippen molar-refractivity contribution < 1.29 is 0 Å². The number of rotatable bonds is 3. The third-order valence-electron chi connectivity index (χ3n) is 4.26. The van der Waals surface area contributed by atoms with Crippen LogP contribution in [0.3, 0.4) is 0 Å². The smallest absolute Gasteiger partial charge is 0.0352 e. The van der Waals surface area contributed by atoms with E-state index in [1.54, 1.807) is 0 Å². The number of hydrogen-bond acceptors (Lipinski definition) is 1. The van der Waals surface area contributed by atoms with Gasteiger partial charge in [0, 0.05) is 6.04 Å². The zero-order chi connectivity index (χ0) is 13.3. The molecule has 0 saturated heterocycles. The van der Waals surface area contributed by atoms with Gasteiger partial charge in [-0.05, 0) is 40.7 Å². The zero-order valence-corrected chi connectivity index (χ0v) is 11.8. The summed E-state index contributed by atoms with van der Waals surface area (Å²) in [6.45, 7) is 8.84. The van der Waals surface area contributed by atoms with E-state index in [1.807, 2.05) is 0 Å². The van der Waals surface area contributed by atoms with Gasteiger partial charge in [-0.3, -0.25) is 0 Å². The first kappa shape index (κ1) is 13.1. The second-order valence-electron chi connectivity index (χ2n) is 5.84. The van der Waals surface area contributed by atoms with E-state index in [0.29, 0.717) is 0 Å². The number of nitrogens with two attached hydrogens (primary N) is 1. The van der Waals surface area contributed by atoms with Crippen molar-refractivity contribution in [2.75, 3.05) is 0 Å². The van der Waals surface area contributed by atoms with Crippen molar-refractivity contribution in [2.45, 2.75) is 40.2 Å². The number of fused-ring (bicyclic) bond motifs is 1. The molecule has 1 nitrogen and oxygen atoms in total. The molecule has 1 atom stereocenters. The first-order valence-corrected chi connectivity index (χ1v) is 6.71. The maximum atomic E-state index is 6.50. The number of benzene rings is 2. The SMILES string of the molecule is CCC(C)(C)C(N)c1ccc(C)c2ccccc12. The van der Waals surface area contributed by atoms with Gasteiger partial charge < -0.3 is 5.73 Å². The fourth-order valence-corrected chi connectivity index (χ4v) is 2.39. The molecular weight excluding hydrogens is 218 g/mol. The molecule has 2 N–H and O–H groups in total. The molecule has 1 unspecified atom stereocenters. The van der Waals surface area contributed by atoms with E-state index in [4.69, 9.17) is 5.73 Å². The Morgan fingerprint density at radius 3 is 2.28 bits per heavy atom. The lowest BCUT2D eigenvalue weighted by Gasteiger charge is -2.31. The maximum Gasteiger partial charge on any atom is 0.0352 e. The van der Waals surface area contributed by atoms with E-state index < -0.39 is 0 Å². The summed E-state index contributed by atoms with van der Waals surface area (Å²) >= 11 is 0. The topological polar surface area (TPSA) is 26.0 Å². The Morgan fingerprint density at radius 2 is 1.67 bits per heavy atom. The van der Waals surface area contributed by atoms with Crippen LogP contribution < -0.4 is 5.73 Å². The van der Waals surface area contributed by atoms with Crippen molar-refractivity contribution in [2.24, 2.45) is 11.1 Å². The number of hydrogen-bond donors (Lipinski definition) is 1. The Balaban J connectivity index is 2.62. The molecule has 0 amide bonds. The second-order valence-corrected chi connectivity index (χ2v) is 5.84. The Bertz CT molecular complexity index is 555. The summed E-state index contributed by atoms with van der Waals surface area (Å²) in [6.07, 6.45) is 1.08. The van der Waals surface area contributed by atoms with Crippen LogP contribution in [0.1, 0.15) is 44.4 Å². The standard InChI is InChI=1S/C17H23N/c1-5-17(3,4)16(18)15-11-10-12(2)13-8-6-7-9-14(13)15/h6-11,16H,5,18H2,1-4H3. The van der Waals surface area contributed by atoms with Gasteiger partial charge in [0.2, 0.25) is 0 Å². The van der Waals surface area contributed by atoms with Crippen molar-refractivity contribution in [1.29, 1.82) is 0 Å². The van der Waals surface area contributed by atoms with E-state index in [1.165, 1.54) is 21.9 Å². The van der Waals surface area contributed by atoms with Crippen molar-refractivity contribution in [1.82, 2.24) is 0 Å². The monoisotopic (exact) mass is 241 g/mol. The van der Waals surface area contributed by atoms with E-state index in [9.17, 15) is 0 Å². The van der Waals surface area contributed by atoms with Gasteiger partial charge >= 0.3 is 0 Å². The largest absolute Gasteiger partial charge is 0.323 e. The molecular formula is C17H23N. The molecule has 0 saturated carbocycles. The van der Waals surface area contributed by atoms with Crippen LogP contribution >= 0.6 is 0 Å². The lowest BCUT2D eigenvalue weighted by atomic mass is 9.77. The van der Waals surface area contributed by atoms with Crippen LogP contribution in [0.5, 0.6) is 0 Å². The average molecular weight is 241 g/mol. The highest BCUT2D eigenvalue weighted by atomic mass is 14.7. The summed E-state index contributed by atoms with van der Waals surface area (Å²) in [6, 6.07) is 13.0. The van der Waals surface area contributed by atoms with E-state index in [-0.39, 0.29) is 11.5 Å². The molecule has 0 heterocycles. The third kappa shape index (κ3) is 2.15. The van der Waals surface area contributed by atoms with E-state index in [2.05, 4.69) is 64.1 Å². The Morgan fingerprint density at radius 1 is 1.06 bits per heavy atom. The molecule has 2 aromatic rings. The number of aryl methyl sites for hydroxylation is 1. The first-order valence-electron chi connectivity index (χ1n) is 6.71. The molecule has 1 heteroatoms. The quantitative estimate of drug-likeness (QED) is 0.836. The van der Waals surface area contributed by atoms with Gasteiger partial charge in [-0.25, -0.2) is 0 Å². The molecule has 0 aliphatic heterocycles. The molecule has 18 heavy (non-hydrogen) atoms. The molecule has 2 rings (SSSR count). The van der Waals surface area contributed by atoms with Crippen LogP contribution in [-0.4, -0.2) is 0 Å². The summed E-state index contributed by atoms with van der Waals surface area (Å²) in [5.74, 6) is 0. The van der Waals surface area contributed by atoms with Gasteiger partial charge in [-0.1, -0.05) is 57.2 Å². The minimum absolute atomic E-state index is 0.0769. The van der Waals surface area contributed by atoms with Crippen LogP contribution in [0, 0.1) is 12.3 Å². The van der Waals surface area contributed by atoms with Gasteiger partial charge in [0.05, 0.1) is 0 Å². The van der Waals surface area contributed by atoms with Crippen molar-refractivity contribution in [3.8, 4) is 0 Å². The normalized spacial score (nSPS) is 13.8. The Labute approximate surface area is 110 Å². The molecule has 0 bridgehead atoms. The summed E-state index contributed by atoms with van der Waals surface area (Å²) in [5, 5.41) is 2.61. The minimum atomic E-state index is 0.0769. The average Bonchev–Trinajstić information content (AvgIpc) is 2.39. The maximum absolute atomic E-state index is 6.50. The van der Waals surface area contributed by atoms with Crippen LogP contribution in [0.15, 0.2) is 36.4 Å². The van der Waals surface area contributed by atoms with Crippen LogP contribution in [0.2, 0.25) is 0 Å². The molecule has 0 spiro atoms. The first-order chi connectivity index (χ1) is 8.47. The van der Waals surface area contributed by atoms with Gasteiger partial charge in [-0.2, -0.15) is 0 Å². The predicted molar refractivity (Wildman–Crippen MR) is 79.7 cm³/mol.